The lowest BCUT2D eigenvalue weighted by molar-refractivity contribution is -0.122. The van der Waals surface area contributed by atoms with Gasteiger partial charge in [0.25, 0.3) is 5.91 Å². The maximum absolute atomic E-state index is 12.8. The highest BCUT2D eigenvalue weighted by atomic mass is 35.5. The lowest BCUT2D eigenvalue weighted by atomic mass is 10.1. The van der Waals surface area contributed by atoms with E-state index in [1.54, 1.807) is 35.2 Å². The van der Waals surface area contributed by atoms with E-state index in [0.29, 0.717) is 33.5 Å². The third-order valence-corrected chi connectivity index (χ3v) is 5.40. The number of carbonyl (C=O) groups excluding carboxylic acids is 3. The molecule has 8 nitrogen and oxygen atoms in total. The molecular weight excluding hydrogens is 422 g/mol. The molecule has 4 rings (SSSR count). The van der Waals surface area contributed by atoms with Crippen LogP contribution in [0.25, 0.3) is 0 Å². The number of benzene rings is 2. The summed E-state index contributed by atoms with van der Waals surface area (Å²) in [5.74, 6) is -0.105. The predicted molar refractivity (Wildman–Crippen MR) is 116 cm³/mol. The van der Waals surface area contributed by atoms with Crippen LogP contribution in [-0.4, -0.2) is 37.1 Å². The van der Waals surface area contributed by atoms with Crippen molar-refractivity contribution in [2.45, 2.75) is 26.3 Å². The van der Waals surface area contributed by atoms with Crippen LogP contribution in [0.1, 0.15) is 30.6 Å². The molecule has 2 aliphatic rings. The molecule has 0 radical (unpaired) electrons. The van der Waals surface area contributed by atoms with Gasteiger partial charge in [-0.05, 0) is 44.2 Å². The number of halogens is 1. The molecule has 0 saturated carbocycles. The van der Waals surface area contributed by atoms with Crippen LogP contribution >= 0.6 is 11.6 Å². The zero-order valence-electron chi connectivity index (χ0n) is 17.1. The van der Waals surface area contributed by atoms with Gasteiger partial charge >= 0.3 is 0 Å². The Kier molecular flexibility index (Phi) is 5.73. The van der Waals surface area contributed by atoms with Gasteiger partial charge in [0, 0.05) is 36.3 Å². The zero-order chi connectivity index (χ0) is 22.1. The van der Waals surface area contributed by atoms with Gasteiger partial charge in [0.05, 0.1) is 16.6 Å². The smallest absolute Gasteiger partial charge is 0.251 e. The van der Waals surface area contributed by atoms with Gasteiger partial charge in [-0.1, -0.05) is 11.6 Å². The first kappa shape index (κ1) is 21.0. The molecule has 31 heavy (non-hydrogen) atoms. The van der Waals surface area contributed by atoms with Crippen molar-refractivity contribution in [3.63, 3.8) is 0 Å². The van der Waals surface area contributed by atoms with Crippen LogP contribution in [0.2, 0.25) is 5.02 Å². The average molecular weight is 444 g/mol. The lowest BCUT2D eigenvalue weighted by Gasteiger charge is -2.17. The molecule has 2 aromatic rings. The molecule has 1 unspecified atom stereocenters. The van der Waals surface area contributed by atoms with E-state index in [1.165, 1.54) is 6.07 Å². The molecule has 0 aliphatic carbocycles. The van der Waals surface area contributed by atoms with E-state index < -0.39 is 5.92 Å². The summed E-state index contributed by atoms with van der Waals surface area (Å²) in [6.45, 7) is 4.10. The molecular formula is C22H22ClN3O5. The first-order valence-electron chi connectivity index (χ1n) is 9.93. The Morgan fingerprint density at radius 2 is 1.90 bits per heavy atom. The number of amides is 3. The van der Waals surface area contributed by atoms with Crippen molar-refractivity contribution in [1.29, 1.82) is 0 Å². The fourth-order valence-corrected chi connectivity index (χ4v) is 3.69. The molecule has 1 atom stereocenters. The Labute approximate surface area is 184 Å². The fourth-order valence-electron chi connectivity index (χ4n) is 3.53. The van der Waals surface area contributed by atoms with Crippen molar-refractivity contribution in [3.05, 3.63) is 47.0 Å². The summed E-state index contributed by atoms with van der Waals surface area (Å²) in [6, 6.07) is 9.90. The summed E-state index contributed by atoms with van der Waals surface area (Å²) in [7, 11) is 0. The number of ether oxygens (including phenoxy) is 2. The van der Waals surface area contributed by atoms with E-state index in [4.69, 9.17) is 21.1 Å². The van der Waals surface area contributed by atoms with Crippen molar-refractivity contribution in [2.24, 2.45) is 5.92 Å². The van der Waals surface area contributed by atoms with E-state index in [9.17, 15) is 14.4 Å². The van der Waals surface area contributed by atoms with Crippen LogP contribution in [0.3, 0.4) is 0 Å². The Balaban J connectivity index is 1.46. The van der Waals surface area contributed by atoms with Crippen LogP contribution in [0, 0.1) is 5.92 Å². The summed E-state index contributed by atoms with van der Waals surface area (Å²) in [4.78, 5) is 39.2. The van der Waals surface area contributed by atoms with Gasteiger partial charge in [0.15, 0.2) is 11.5 Å². The second kappa shape index (κ2) is 8.47. The van der Waals surface area contributed by atoms with Crippen molar-refractivity contribution >= 4 is 40.7 Å². The molecule has 0 bridgehead atoms. The van der Waals surface area contributed by atoms with Crippen LogP contribution in [0.15, 0.2) is 36.4 Å². The Bertz CT molecular complexity index is 1060. The highest BCUT2D eigenvalue weighted by Crippen LogP contribution is 2.37. The molecule has 0 spiro atoms. The van der Waals surface area contributed by atoms with Crippen LogP contribution < -0.4 is 25.0 Å². The maximum atomic E-state index is 12.8. The third kappa shape index (κ3) is 4.44. The van der Waals surface area contributed by atoms with Crippen LogP contribution in [0.4, 0.5) is 11.4 Å². The molecule has 2 N–H and O–H groups in total. The molecule has 1 saturated heterocycles. The minimum absolute atomic E-state index is 0.0205. The van der Waals surface area contributed by atoms with Gasteiger partial charge in [-0.15, -0.1) is 0 Å². The number of hydrogen-bond acceptors (Lipinski definition) is 5. The number of carbonyl (C=O) groups is 3. The molecule has 2 heterocycles. The predicted octanol–water partition coefficient (Wildman–Crippen LogP) is 3.20. The summed E-state index contributed by atoms with van der Waals surface area (Å²) >= 11 is 6.22. The number of hydrogen-bond donors (Lipinski definition) is 2. The van der Waals surface area contributed by atoms with Crippen molar-refractivity contribution < 1.29 is 23.9 Å². The van der Waals surface area contributed by atoms with Gasteiger partial charge in [0.2, 0.25) is 18.6 Å². The monoisotopic (exact) mass is 443 g/mol. The summed E-state index contributed by atoms with van der Waals surface area (Å²) in [6.07, 6.45) is 0.0748. The van der Waals surface area contributed by atoms with Crippen LogP contribution in [0.5, 0.6) is 11.5 Å². The normalized spacial score (nSPS) is 17.2. The molecule has 1 fully saturated rings. The number of nitrogens with one attached hydrogen (secondary N) is 2. The number of rotatable bonds is 5. The fraction of sp³-hybridized carbons (Fsp3) is 0.318. The first-order valence-corrected chi connectivity index (χ1v) is 10.3. The van der Waals surface area contributed by atoms with Crippen molar-refractivity contribution in [3.8, 4) is 11.5 Å². The SMILES string of the molecule is CC(C)NC(=O)c1ccc(Cl)c(NC(=O)C2CC(=O)N(c3ccc4c(c3)OCO4)C2)c1. The van der Waals surface area contributed by atoms with Gasteiger partial charge in [0.1, 0.15) is 0 Å². The Morgan fingerprint density at radius 3 is 2.68 bits per heavy atom. The Morgan fingerprint density at radius 1 is 1.13 bits per heavy atom. The maximum Gasteiger partial charge on any atom is 0.251 e. The number of anilines is 2. The summed E-state index contributed by atoms with van der Waals surface area (Å²) < 4.78 is 10.7. The summed E-state index contributed by atoms with van der Waals surface area (Å²) in [5, 5.41) is 5.87. The Hall–Kier alpha value is -3.26. The number of nitrogens with zero attached hydrogens (tertiary/aromatic N) is 1. The van der Waals surface area contributed by atoms with E-state index >= 15 is 0 Å². The van der Waals surface area contributed by atoms with Gasteiger partial charge in [-0.25, -0.2) is 0 Å². The highest BCUT2D eigenvalue weighted by molar-refractivity contribution is 6.34. The highest BCUT2D eigenvalue weighted by Gasteiger charge is 2.36. The van der Waals surface area contributed by atoms with Gasteiger partial charge in [-0.2, -0.15) is 0 Å². The largest absolute Gasteiger partial charge is 0.454 e. The second-order valence-electron chi connectivity index (χ2n) is 7.75. The van der Waals surface area contributed by atoms with Gasteiger partial charge in [-0.3, -0.25) is 14.4 Å². The van der Waals surface area contributed by atoms with E-state index in [1.807, 2.05) is 13.8 Å². The molecule has 2 aliphatic heterocycles. The van der Waals surface area contributed by atoms with Crippen molar-refractivity contribution in [2.75, 3.05) is 23.6 Å². The minimum Gasteiger partial charge on any atom is -0.454 e. The van der Waals surface area contributed by atoms with E-state index in [-0.39, 0.29) is 43.5 Å². The first-order chi connectivity index (χ1) is 14.8. The molecule has 9 heteroatoms. The van der Waals surface area contributed by atoms with E-state index in [2.05, 4.69) is 10.6 Å². The third-order valence-electron chi connectivity index (χ3n) is 5.07. The quantitative estimate of drug-likeness (QED) is 0.739. The number of fused-ring (bicyclic) bond motifs is 1. The van der Waals surface area contributed by atoms with Gasteiger partial charge < -0.3 is 25.0 Å². The molecule has 162 valence electrons. The molecule has 3 amide bonds. The molecule has 0 aromatic heterocycles. The second-order valence-corrected chi connectivity index (χ2v) is 8.16. The zero-order valence-corrected chi connectivity index (χ0v) is 17.9. The van der Waals surface area contributed by atoms with Crippen molar-refractivity contribution in [1.82, 2.24) is 5.32 Å². The minimum atomic E-state index is -0.554. The topological polar surface area (TPSA) is 97.0 Å². The van der Waals surface area contributed by atoms with E-state index in [0.717, 1.165) is 0 Å². The summed E-state index contributed by atoms with van der Waals surface area (Å²) in [5.41, 5.74) is 1.37. The lowest BCUT2D eigenvalue weighted by Crippen LogP contribution is -2.30. The average Bonchev–Trinajstić information content (AvgIpc) is 3.34. The van der Waals surface area contributed by atoms with Crippen LogP contribution in [-0.2, 0) is 9.59 Å². The standard InChI is InChI=1S/C22H22ClN3O5/c1-12(2)24-21(28)13-3-5-16(23)17(7-13)25-22(29)14-8-20(27)26(10-14)15-4-6-18-19(9-15)31-11-30-18/h3-7,9,12,14H,8,10-11H2,1-2H3,(H,24,28)(H,25,29). The molecule has 2 aromatic carbocycles.